The van der Waals surface area contributed by atoms with Crippen LogP contribution in [0.15, 0.2) is 23.8 Å². The maximum absolute atomic E-state index is 12.8. The molecule has 3 aliphatic rings. The third kappa shape index (κ3) is 4.08. The molecule has 0 aromatic carbocycles. The fraction of sp³-hybridized carbons (Fsp3) is 0.609. The molecule has 1 spiro atoms. The van der Waals surface area contributed by atoms with E-state index in [1.165, 1.54) is 0 Å². The highest BCUT2D eigenvalue weighted by atomic mass is 16.5. The molecular formula is C23H31N3O4. The lowest BCUT2D eigenvalue weighted by atomic mass is 9.76. The van der Waals surface area contributed by atoms with Crippen molar-refractivity contribution in [1.82, 2.24) is 15.1 Å². The summed E-state index contributed by atoms with van der Waals surface area (Å²) in [6, 6.07) is 0. The van der Waals surface area contributed by atoms with Crippen molar-refractivity contribution in [3.63, 3.8) is 0 Å². The Morgan fingerprint density at radius 2 is 2.20 bits per heavy atom. The topological polar surface area (TPSA) is 82.5 Å². The number of aryl methyl sites for hydroxylation is 2. The summed E-state index contributed by atoms with van der Waals surface area (Å²) in [5.74, 6) is -0.153. The standard InChI is InChI=1S/C23H31N3O4/c1-3-18-20-19(14-23(15-24-21(20)27)8-12-29-13-9-23)26(25-18)10-5-11-30-22(28)17-7-4-6-16(17)2/h4,6-7,16H,3,5,8-15H2,1-2H3,(H,24,27). The van der Waals surface area contributed by atoms with Crippen molar-refractivity contribution in [1.29, 1.82) is 0 Å². The molecule has 162 valence electrons. The lowest BCUT2D eigenvalue weighted by Crippen LogP contribution is -2.40. The Kier molecular flexibility index (Phi) is 6.09. The van der Waals surface area contributed by atoms with E-state index in [9.17, 15) is 9.59 Å². The second kappa shape index (κ2) is 8.76. The first-order valence-corrected chi connectivity index (χ1v) is 11.0. The number of hydrogen-bond acceptors (Lipinski definition) is 5. The monoisotopic (exact) mass is 413 g/mol. The van der Waals surface area contributed by atoms with Gasteiger partial charge in [-0.2, -0.15) is 5.10 Å². The largest absolute Gasteiger partial charge is 0.462 e. The molecule has 30 heavy (non-hydrogen) atoms. The van der Waals surface area contributed by atoms with E-state index < -0.39 is 0 Å². The summed E-state index contributed by atoms with van der Waals surface area (Å²) in [5.41, 5.74) is 3.35. The minimum absolute atomic E-state index is 0.0162. The molecular weight excluding hydrogens is 382 g/mol. The molecule has 0 radical (unpaired) electrons. The van der Waals surface area contributed by atoms with Crippen LogP contribution in [-0.4, -0.2) is 48.0 Å². The number of nitrogens with zero attached hydrogens (tertiary/aromatic N) is 2. The SMILES string of the molecule is CCc1nn(CCCOC(=O)C2=CC=CC2C)c2c1C(=O)NCC1(CCOCC1)C2. The van der Waals surface area contributed by atoms with Gasteiger partial charge in [0.2, 0.25) is 0 Å². The maximum atomic E-state index is 12.8. The molecule has 1 N–H and O–H groups in total. The first-order chi connectivity index (χ1) is 14.5. The van der Waals surface area contributed by atoms with E-state index in [1.54, 1.807) is 0 Å². The number of hydrogen-bond donors (Lipinski definition) is 1. The Bertz CT molecular complexity index is 877. The van der Waals surface area contributed by atoms with Crippen LogP contribution < -0.4 is 5.32 Å². The molecule has 1 aromatic rings. The molecule has 4 rings (SSSR count). The fourth-order valence-corrected chi connectivity index (χ4v) is 4.66. The van der Waals surface area contributed by atoms with Gasteiger partial charge < -0.3 is 14.8 Å². The number of fused-ring (bicyclic) bond motifs is 1. The summed E-state index contributed by atoms with van der Waals surface area (Å²) in [7, 11) is 0. The van der Waals surface area contributed by atoms with Gasteiger partial charge in [0.1, 0.15) is 0 Å². The summed E-state index contributed by atoms with van der Waals surface area (Å²) in [4.78, 5) is 25.1. The predicted octanol–water partition coefficient (Wildman–Crippen LogP) is 2.59. The van der Waals surface area contributed by atoms with Crippen molar-refractivity contribution < 1.29 is 19.1 Å². The first-order valence-electron chi connectivity index (χ1n) is 11.0. The van der Waals surface area contributed by atoms with Crippen LogP contribution in [0.3, 0.4) is 0 Å². The molecule has 3 heterocycles. The predicted molar refractivity (Wildman–Crippen MR) is 112 cm³/mol. The van der Waals surface area contributed by atoms with Crippen LogP contribution in [0, 0.1) is 11.3 Å². The summed E-state index contributed by atoms with van der Waals surface area (Å²) in [5, 5.41) is 7.89. The highest BCUT2D eigenvalue weighted by Gasteiger charge is 2.39. The second-order valence-corrected chi connectivity index (χ2v) is 8.60. The van der Waals surface area contributed by atoms with Crippen molar-refractivity contribution in [2.75, 3.05) is 26.4 Å². The van der Waals surface area contributed by atoms with Crippen LogP contribution in [0.1, 0.15) is 54.9 Å². The van der Waals surface area contributed by atoms with Gasteiger partial charge >= 0.3 is 5.97 Å². The molecule has 7 heteroatoms. The molecule has 1 atom stereocenters. The second-order valence-electron chi connectivity index (χ2n) is 8.60. The number of amides is 1. The normalized spacial score (nSPS) is 22.4. The van der Waals surface area contributed by atoms with E-state index in [0.29, 0.717) is 38.1 Å². The molecule has 1 aliphatic carbocycles. The summed E-state index contributed by atoms with van der Waals surface area (Å²) in [6.45, 7) is 7.14. The van der Waals surface area contributed by atoms with Crippen LogP contribution >= 0.6 is 0 Å². The Balaban J connectivity index is 1.45. The van der Waals surface area contributed by atoms with E-state index in [1.807, 2.05) is 36.8 Å². The minimum atomic E-state index is -0.249. The number of nitrogens with one attached hydrogen (secondary N) is 1. The molecule has 2 aliphatic heterocycles. The molecule has 1 saturated heterocycles. The Hall–Kier alpha value is -2.41. The Morgan fingerprint density at radius 3 is 2.90 bits per heavy atom. The maximum Gasteiger partial charge on any atom is 0.334 e. The van der Waals surface area contributed by atoms with E-state index in [-0.39, 0.29) is 23.2 Å². The zero-order valence-electron chi connectivity index (χ0n) is 17.9. The zero-order valence-corrected chi connectivity index (χ0v) is 17.9. The highest BCUT2D eigenvalue weighted by Crippen LogP contribution is 2.37. The van der Waals surface area contributed by atoms with Crippen molar-refractivity contribution in [3.8, 4) is 0 Å². The smallest absolute Gasteiger partial charge is 0.334 e. The van der Waals surface area contributed by atoms with Gasteiger partial charge in [0.15, 0.2) is 0 Å². The van der Waals surface area contributed by atoms with Crippen LogP contribution in [0.5, 0.6) is 0 Å². The molecule has 1 fully saturated rings. The molecule has 1 amide bonds. The van der Waals surface area contributed by atoms with E-state index in [4.69, 9.17) is 14.6 Å². The number of allylic oxidation sites excluding steroid dienone is 3. The Labute approximate surface area is 177 Å². The van der Waals surface area contributed by atoms with Crippen LogP contribution in [-0.2, 0) is 33.7 Å². The van der Waals surface area contributed by atoms with E-state index in [2.05, 4.69) is 5.32 Å². The van der Waals surface area contributed by atoms with Gasteiger partial charge in [-0.25, -0.2) is 4.79 Å². The minimum Gasteiger partial charge on any atom is -0.462 e. The van der Waals surface area contributed by atoms with Gasteiger partial charge in [-0.1, -0.05) is 32.1 Å². The quantitative estimate of drug-likeness (QED) is 0.573. The van der Waals surface area contributed by atoms with Crippen molar-refractivity contribution in [2.24, 2.45) is 11.3 Å². The number of rotatable bonds is 6. The number of aromatic nitrogens is 2. The third-order valence-electron chi connectivity index (χ3n) is 6.56. The van der Waals surface area contributed by atoms with Crippen molar-refractivity contribution >= 4 is 11.9 Å². The third-order valence-corrected chi connectivity index (χ3v) is 6.56. The lowest BCUT2D eigenvalue weighted by Gasteiger charge is -2.36. The van der Waals surface area contributed by atoms with Gasteiger partial charge in [0, 0.05) is 44.2 Å². The van der Waals surface area contributed by atoms with E-state index in [0.717, 1.165) is 49.4 Å². The molecule has 0 bridgehead atoms. The molecule has 0 saturated carbocycles. The van der Waals surface area contributed by atoms with Crippen molar-refractivity contribution in [2.45, 2.75) is 52.5 Å². The average Bonchev–Trinajstić information content (AvgIpc) is 3.29. The van der Waals surface area contributed by atoms with Crippen LogP contribution in [0.25, 0.3) is 0 Å². The lowest BCUT2D eigenvalue weighted by molar-refractivity contribution is -0.139. The molecule has 7 nitrogen and oxygen atoms in total. The first kappa shape index (κ1) is 20.8. The number of esters is 1. The van der Waals surface area contributed by atoms with Crippen molar-refractivity contribution in [3.05, 3.63) is 40.8 Å². The van der Waals surface area contributed by atoms with Gasteiger partial charge in [-0.05, 0) is 31.1 Å². The summed E-state index contributed by atoms with van der Waals surface area (Å²) < 4.78 is 13.0. The number of carbonyl (C=O) groups is 2. The molecule has 1 aromatic heterocycles. The Morgan fingerprint density at radius 1 is 1.40 bits per heavy atom. The number of ether oxygens (including phenoxy) is 2. The summed E-state index contributed by atoms with van der Waals surface area (Å²) >= 11 is 0. The number of carbonyl (C=O) groups excluding carboxylic acids is 2. The highest BCUT2D eigenvalue weighted by molar-refractivity contribution is 5.97. The molecule has 1 unspecified atom stereocenters. The van der Waals surface area contributed by atoms with Gasteiger partial charge in [0.25, 0.3) is 5.91 Å². The van der Waals surface area contributed by atoms with E-state index >= 15 is 0 Å². The van der Waals surface area contributed by atoms with Crippen LogP contribution in [0.2, 0.25) is 0 Å². The van der Waals surface area contributed by atoms with Crippen LogP contribution in [0.4, 0.5) is 0 Å². The average molecular weight is 414 g/mol. The van der Waals surface area contributed by atoms with Gasteiger partial charge in [-0.15, -0.1) is 0 Å². The fourth-order valence-electron chi connectivity index (χ4n) is 4.66. The summed E-state index contributed by atoms with van der Waals surface area (Å²) in [6.07, 6.45) is 9.79. The van der Waals surface area contributed by atoms with Gasteiger partial charge in [-0.3, -0.25) is 9.48 Å². The zero-order chi connectivity index (χ0) is 21.1. The van der Waals surface area contributed by atoms with Gasteiger partial charge in [0.05, 0.1) is 23.6 Å².